The van der Waals surface area contributed by atoms with E-state index < -0.39 is 0 Å². The van der Waals surface area contributed by atoms with E-state index in [1.165, 1.54) is 0 Å². The van der Waals surface area contributed by atoms with Gasteiger partial charge in [0.2, 0.25) is 0 Å². The highest BCUT2D eigenvalue weighted by Gasteiger charge is 2.15. The van der Waals surface area contributed by atoms with E-state index >= 15 is 0 Å². The Morgan fingerprint density at radius 2 is 1.39 bits per heavy atom. The maximum absolute atomic E-state index is 11.9. The summed E-state index contributed by atoms with van der Waals surface area (Å²) in [5, 5.41) is 0. The first-order valence-corrected chi connectivity index (χ1v) is 8.78. The van der Waals surface area contributed by atoms with Crippen molar-refractivity contribution in [1.29, 1.82) is 0 Å². The van der Waals surface area contributed by atoms with Gasteiger partial charge in [-0.3, -0.25) is 9.59 Å². The Bertz CT molecular complexity index is 538. The van der Waals surface area contributed by atoms with Crippen molar-refractivity contribution in [2.24, 2.45) is 11.8 Å². The summed E-state index contributed by atoms with van der Waals surface area (Å²) in [6.07, 6.45) is 2.20. The number of benzene rings is 1. The topological polar surface area (TPSA) is 52.6 Å². The molecule has 5 heteroatoms. The van der Waals surface area contributed by atoms with Gasteiger partial charge in [-0.15, -0.1) is 0 Å². The van der Waals surface area contributed by atoms with Gasteiger partial charge in [0.15, 0.2) is 11.5 Å². The Hall–Kier alpha value is -1.36. The number of esters is 2. The van der Waals surface area contributed by atoms with Crippen LogP contribution in [0, 0.1) is 11.8 Å². The maximum atomic E-state index is 11.9. The highest BCUT2D eigenvalue weighted by molar-refractivity contribution is 9.10. The van der Waals surface area contributed by atoms with Crippen LogP contribution >= 0.6 is 15.9 Å². The molecular weight excluding hydrogens is 360 g/mol. The van der Waals surface area contributed by atoms with Crippen LogP contribution in [0.3, 0.4) is 0 Å². The largest absolute Gasteiger partial charge is 0.423 e. The summed E-state index contributed by atoms with van der Waals surface area (Å²) >= 11 is 3.33. The Kier molecular flexibility index (Phi) is 8.31. The molecule has 0 amide bonds. The lowest BCUT2D eigenvalue weighted by atomic mass is 10.1. The van der Waals surface area contributed by atoms with E-state index in [1.54, 1.807) is 18.2 Å². The lowest BCUT2D eigenvalue weighted by Crippen LogP contribution is -2.13. The second kappa shape index (κ2) is 9.71. The maximum Gasteiger partial charge on any atom is 0.311 e. The van der Waals surface area contributed by atoms with Gasteiger partial charge in [0.1, 0.15) is 0 Å². The average molecular weight is 385 g/mol. The van der Waals surface area contributed by atoms with Crippen molar-refractivity contribution in [1.82, 2.24) is 0 Å². The molecule has 0 bridgehead atoms. The SMILES string of the molecule is CC(C)CCC(=O)Oc1ccc(Br)cc1OC(=O)CCC(C)C. The molecule has 0 heterocycles. The van der Waals surface area contributed by atoms with Crippen molar-refractivity contribution in [3.05, 3.63) is 22.7 Å². The van der Waals surface area contributed by atoms with Crippen LogP contribution in [-0.4, -0.2) is 11.9 Å². The van der Waals surface area contributed by atoms with Gasteiger partial charge in [-0.1, -0.05) is 43.6 Å². The molecular formula is C18H25BrO4. The zero-order chi connectivity index (χ0) is 17.4. The third-order valence-electron chi connectivity index (χ3n) is 3.20. The van der Waals surface area contributed by atoms with Gasteiger partial charge in [-0.05, 0) is 42.9 Å². The van der Waals surface area contributed by atoms with Crippen LogP contribution in [0.1, 0.15) is 53.4 Å². The molecule has 0 spiro atoms. The minimum Gasteiger partial charge on any atom is -0.423 e. The van der Waals surface area contributed by atoms with E-state index in [1.807, 2.05) is 13.8 Å². The summed E-state index contributed by atoms with van der Waals surface area (Å²) in [5.41, 5.74) is 0. The molecule has 0 atom stereocenters. The van der Waals surface area contributed by atoms with Gasteiger partial charge in [0.05, 0.1) is 0 Å². The number of halogens is 1. The zero-order valence-corrected chi connectivity index (χ0v) is 15.8. The molecule has 4 nitrogen and oxygen atoms in total. The summed E-state index contributed by atoms with van der Waals surface area (Å²) in [6, 6.07) is 5.01. The smallest absolute Gasteiger partial charge is 0.311 e. The molecule has 0 aliphatic rings. The Balaban J connectivity index is 2.72. The summed E-state index contributed by atoms with van der Waals surface area (Å²) in [7, 11) is 0. The van der Waals surface area contributed by atoms with Gasteiger partial charge >= 0.3 is 11.9 Å². The number of ether oxygens (including phenoxy) is 2. The molecule has 0 radical (unpaired) electrons. The fourth-order valence-electron chi connectivity index (χ4n) is 1.81. The molecule has 1 aromatic carbocycles. The number of carbonyl (C=O) groups is 2. The molecule has 1 rings (SSSR count). The van der Waals surface area contributed by atoms with E-state index in [4.69, 9.17) is 9.47 Å². The first-order valence-electron chi connectivity index (χ1n) is 7.98. The molecule has 23 heavy (non-hydrogen) atoms. The van der Waals surface area contributed by atoms with Crippen molar-refractivity contribution < 1.29 is 19.1 Å². The number of rotatable bonds is 8. The first kappa shape index (κ1) is 19.7. The van der Waals surface area contributed by atoms with Gasteiger partial charge in [-0.2, -0.15) is 0 Å². The van der Waals surface area contributed by atoms with Crippen LogP contribution in [0.2, 0.25) is 0 Å². The fraction of sp³-hybridized carbons (Fsp3) is 0.556. The van der Waals surface area contributed by atoms with E-state index in [2.05, 4.69) is 29.8 Å². The van der Waals surface area contributed by atoms with Crippen LogP contribution in [0.15, 0.2) is 22.7 Å². The third kappa shape index (κ3) is 8.16. The first-order chi connectivity index (χ1) is 10.8. The molecule has 0 saturated heterocycles. The van der Waals surface area contributed by atoms with E-state index in [0.29, 0.717) is 24.7 Å². The van der Waals surface area contributed by atoms with E-state index in [0.717, 1.165) is 17.3 Å². The fourth-order valence-corrected chi connectivity index (χ4v) is 2.15. The third-order valence-corrected chi connectivity index (χ3v) is 3.70. The summed E-state index contributed by atoms with van der Waals surface area (Å²) < 4.78 is 11.5. The lowest BCUT2D eigenvalue weighted by Gasteiger charge is -2.12. The molecule has 0 fully saturated rings. The average Bonchev–Trinajstić information content (AvgIpc) is 2.46. The van der Waals surface area contributed by atoms with Crippen LogP contribution in [0.5, 0.6) is 11.5 Å². The standard InChI is InChI=1S/C18H25BrO4/c1-12(2)5-9-17(20)22-15-8-7-14(19)11-16(15)23-18(21)10-6-13(3)4/h7-8,11-13H,5-6,9-10H2,1-4H3. The second-order valence-corrected chi connectivity index (χ2v) is 7.32. The Morgan fingerprint density at radius 3 is 1.87 bits per heavy atom. The molecule has 0 saturated carbocycles. The Labute approximate surface area is 146 Å². The molecule has 128 valence electrons. The van der Waals surface area contributed by atoms with Crippen molar-refractivity contribution in [3.63, 3.8) is 0 Å². The number of hydrogen-bond acceptors (Lipinski definition) is 4. The quantitative estimate of drug-likeness (QED) is 0.460. The van der Waals surface area contributed by atoms with Gasteiger partial charge in [0.25, 0.3) is 0 Å². The summed E-state index contributed by atoms with van der Waals surface area (Å²) in [6.45, 7) is 8.20. The summed E-state index contributed by atoms with van der Waals surface area (Å²) in [4.78, 5) is 23.8. The van der Waals surface area contributed by atoms with Crippen molar-refractivity contribution in [2.45, 2.75) is 53.4 Å². The number of carbonyl (C=O) groups excluding carboxylic acids is 2. The minimum atomic E-state index is -0.323. The van der Waals surface area contributed by atoms with Crippen LogP contribution in [0.4, 0.5) is 0 Å². The molecule has 0 aliphatic heterocycles. The predicted octanol–water partition coefficient (Wildman–Crippen LogP) is 5.13. The van der Waals surface area contributed by atoms with Crippen LogP contribution in [-0.2, 0) is 9.59 Å². The van der Waals surface area contributed by atoms with Crippen molar-refractivity contribution in [2.75, 3.05) is 0 Å². The highest BCUT2D eigenvalue weighted by Crippen LogP contribution is 2.31. The van der Waals surface area contributed by atoms with Crippen LogP contribution in [0.25, 0.3) is 0 Å². The molecule has 1 aromatic rings. The molecule has 0 aromatic heterocycles. The van der Waals surface area contributed by atoms with E-state index in [9.17, 15) is 9.59 Å². The summed E-state index contributed by atoms with van der Waals surface area (Å²) in [5.74, 6) is 0.766. The van der Waals surface area contributed by atoms with E-state index in [-0.39, 0.29) is 23.4 Å². The van der Waals surface area contributed by atoms with Gasteiger partial charge in [-0.25, -0.2) is 0 Å². The van der Waals surface area contributed by atoms with Crippen LogP contribution < -0.4 is 9.47 Å². The normalized spacial score (nSPS) is 10.9. The van der Waals surface area contributed by atoms with Crippen molar-refractivity contribution in [3.8, 4) is 11.5 Å². The Morgan fingerprint density at radius 1 is 0.913 bits per heavy atom. The molecule has 0 unspecified atom stereocenters. The minimum absolute atomic E-state index is 0.269. The second-order valence-electron chi connectivity index (χ2n) is 6.40. The molecule has 0 N–H and O–H groups in total. The van der Waals surface area contributed by atoms with Gasteiger partial charge < -0.3 is 9.47 Å². The lowest BCUT2D eigenvalue weighted by molar-refractivity contribution is -0.137. The predicted molar refractivity (Wildman–Crippen MR) is 93.6 cm³/mol. The molecule has 0 aliphatic carbocycles. The zero-order valence-electron chi connectivity index (χ0n) is 14.2. The van der Waals surface area contributed by atoms with Crippen molar-refractivity contribution >= 4 is 27.9 Å². The monoisotopic (exact) mass is 384 g/mol. The number of hydrogen-bond donors (Lipinski definition) is 0. The highest BCUT2D eigenvalue weighted by atomic mass is 79.9. The van der Waals surface area contributed by atoms with Gasteiger partial charge in [0, 0.05) is 17.3 Å².